The molecule has 1 aromatic heterocycles. The average Bonchev–Trinajstić information content (AvgIpc) is 2.69. The van der Waals surface area contributed by atoms with Gasteiger partial charge in [0.25, 0.3) is 0 Å². The molecule has 3 N–H and O–H groups in total. The van der Waals surface area contributed by atoms with Crippen LogP contribution in [0.3, 0.4) is 0 Å². The Kier molecular flexibility index (Phi) is 4.62. The van der Waals surface area contributed by atoms with Gasteiger partial charge in [-0.2, -0.15) is 0 Å². The molecule has 0 unspecified atom stereocenters. The Hall–Kier alpha value is -0.360. The molecule has 1 aromatic carbocycles. The highest BCUT2D eigenvalue weighted by Gasteiger charge is 2.01. The molecule has 5 heteroatoms. The van der Waals surface area contributed by atoms with Crippen LogP contribution < -0.4 is 11.1 Å². The average molecular weight is 376 g/mol. The summed E-state index contributed by atoms with van der Waals surface area (Å²) in [6.45, 7) is 1.68. The number of nitrogens with two attached hydrogens (primary N) is 1. The molecule has 2 aromatic rings. The highest BCUT2D eigenvalue weighted by Crippen LogP contribution is 2.22. The van der Waals surface area contributed by atoms with Gasteiger partial charge in [0.05, 0.1) is 3.79 Å². The minimum absolute atomic E-state index is 0.795. The fourth-order valence-corrected chi connectivity index (χ4v) is 3.34. The molecule has 0 radical (unpaired) electrons. The molecular weight excluding hydrogens is 364 g/mol. The minimum Gasteiger partial charge on any atom is -0.399 e. The van der Waals surface area contributed by atoms with E-state index in [1.54, 1.807) is 11.3 Å². The lowest BCUT2D eigenvalue weighted by molar-refractivity contribution is 0.699. The fraction of sp³-hybridized carbons (Fsp3) is 0.167. The number of nitrogen functional groups attached to an aromatic ring is 1. The first-order chi connectivity index (χ1) is 8.15. The molecule has 0 amide bonds. The maximum Gasteiger partial charge on any atom is 0.0701 e. The normalized spacial score (nSPS) is 10.7. The first-order valence-corrected chi connectivity index (χ1v) is 7.54. The Morgan fingerprint density at radius 1 is 1.12 bits per heavy atom. The van der Waals surface area contributed by atoms with Gasteiger partial charge in [-0.1, -0.05) is 15.9 Å². The molecule has 0 saturated carbocycles. The van der Waals surface area contributed by atoms with Crippen LogP contribution in [0.15, 0.2) is 38.6 Å². The van der Waals surface area contributed by atoms with Crippen LogP contribution in [-0.2, 0) is 13.1 Å². The van der Waals surface area contributed by atoms with Crippen LogP contribution in [0.4, 0.5) is 5.69 Å². The van der Waals surface area contributed by atoms with E-state index in [9.17, 15) is 0 Å². The molecule has 0 aliphatic carbocycles. The van der Waals surface area contributed by atoms with Gasteiger partial charge < -0.3 is 11.1 Å². The number of hydrogen-bond acceptors (Lipinski definition) is 3. The van der Waals surface area contributed by atoms with Crippen molar-refractivity contribution in [3.05, 3.63) is 49.0 Å². The second-order valence-electron chi connectivity index (χ2n) is 3.66. The van der Waals surface area contributed by atoms with Crippen molar-refractivity contribution in [3.63, 3.8) is 0 Å². The molecule has 0 fully saturated rings. The van der Waals surface area contributed by atoms with Crippen molar-refractivity contribution in [3.8, 4) is 0 Å². The predicted molar refractivity (Wildman–Crippen MR) is 81.1 cm³/mol. The number of nitrogens with one attached hydrogen (secondary N) is 1. The molecule has 1 heterocycles. The van der Waals surface area contributed by atoms with E-state index in [-0.39, 0.29) is 0 Å². The molecule has 0 saturated heterocycles. The summed E-state index contributed by atoms with van der Waals surface area (Å²) in [5, 5.41) is 3.40. The standard InChI is InChI=1S/C12H12Br2N2S/c13-11-3-1-9(15)5-8(11)6-16-7-10-2-4-12(14)17-10/h1-5,16H,6-7,15H2. The summed E-state index contributed by atoms with van der Waals surface area (Å²) >= 11 is 8.73. The Morgan fingerprint density at radius 2 is 1.94 bits per heavy atom. The smallest absolute Gasteiger partial charge is 0.0701 e. The third-order valence-electron chi connectivity index (χ3n) is 2.31. The van der Waals surface area contributed by atoms with Gasteiger partial charge in [0.2, 0.25) is 0 Å². The van der Waals surface area contributed by atoms with E-state index in [1.807, 2.05) is 18.2 Å². The summed E-state index contributed by atoms with van der Waals surface area (Å²) in [5.74, 6) is 0. The Bertz CT molecular complexity index is 511. The summed E-state index contributed by atoms with van der Waals surface area (Å²) in [6, 6.07) is 10.0. The SMILES string of the molecule is Nc1ccc(Br)c(CNCc2ccc(Br)s2)c1. The first-order valence-electron chi connectivity index (χ1n) is 5.14. The molecule has 17 heavy (non-hydrogen) atoms. The van der Waals surface area contributed by atoms with Gasteiger partial charge in [0.1, 0.15) is 0 Å². The van der Waals surface area contributed by atoms with Gasteiger partial charge in [0, 0.05) is 28.1 Å². The minimum atomic E-state index is 0.795. The van der Waals surface area contributed by atoms with Gasteiger partial charge in [-0.3, -0.25) is 0 Å². The lowest BCUT2D eigenvalue weighted by atomic mass is 10.2. The van der Waals surface area contributed by atoms with Gasteiger partial charge in [-0.25, -0.2) is 0 Å². The Labute approximate surface area is 121 Å². The molecule has 0 atom stereocenters. The van der Waals surface area contributed by atoms with E-state index < -0.39 is 0 Å². The van der Waals surface area contributed by atoms with E-state index >= 15 is 0 Å². The molecule has 90 valence electrons. The van der Waals surface area contributed by atoms with E-state index in [4.69, 9.17) is 5.73 Å². The van der Waals surface area contributed by atoms with E-state index in [1.165, 1.54) is 14.2 Å². The lowest BCUT2D eigenvalue weighted by Crippen LogP contribution is -2.12. The molecule has 0 aliphatic heterocycles. The van der Waals surface area contributed by atoms with E-state index in [2.05, 4.69) is 49.3 Å². The molecular formula is C12H12Br2N2S. The summed E-state index contributed by atoms with van der Waals surface area (Å²) in [4.78, 5) is 1.32. The monoisotopic (exact) mass is 374 g/mol. The number of rotatable bonds is 4. The van der Waals surface area contributed by atoms with Crippen molar-refractivity contribution in [2.45, 2.75) is 13.1 Å². The van der Waals surface area contributed by atoms with Crippen molar-refractivity contribution in [2.75, 3.05) is 5.73 Å². The zero-order chi connectivity index (χ0) is 12.3. The van der Waals surface area contributed by atoms with Crippen LogP contribution in [0.1, 0.15) is 10.4 Å². The maximum absolute atomic E-state index is 5.76. The van der Waals surface area contributed by atoms with E-state index in [0.717, 1.165) is 23.2 Å². The quantitative estimate of drug-likeness (QED) is 0.788. The predicted octanol–water partition coefficient (Wildman–Crippen LogP) is 4.15. The van der Waals surface area contributed by atoms with Gasteiger partial charge in [0.15, 0.2) is 0 Å². The Balaban J connectivity index is 1.91. The zero-order valence-electron chi connectivity index (χ0n) is 9.04. The van der Waals surface area contributed by atoms with Crippen LogP contribution >= 0.6 is 43.2 Å². The second kappa shape index (κ2) is 6.00. The zero-order valence-corrected chi connectivity index (χ0v) is 13.0. The summed E-state index contributed by atoms with van der Waals surface area (Å²) < 4.78 is 2.26. The van der Waals surface area contributed by atoms with Crippen molar-refractivity contribution in [2.24, 2.45) is 0 Å². The third kappa shape index (κ3) is 3.81. The highest BCUT2D eigenvalue weighted by atomic mass is 79.9. The van der Waals surface area contributed by atoms with E-state index in [0.29, 0.717) is 0 Å². The number of halogens is 2. The molecule has 0 bridgehead atoms. The van der Waals surface area contributed by atoms with Gasteiger partial charge in [-0.05, 0) is 51.8 Å². The molecule has 2 rings (SSSR count). The Morgan fingerprint density at radius 3 is 2.65 bits per heavy atom. The molecule has 0 spiro atoms. The topological polar surface area (TPSA) is 38.0 Å². The second-order valence-corrected chi connectivity index (χ2v) is 7.06. The number of anilines is 1. The highest BCUT2D eigenvalue weighted by molar-refractivity contribution is 9.11. The van der Waals surface area contributed by atoms with Crippen LogP contribution in [0.2, 0.25) is 0 Å². The van der Waals surface area contributed by atoms with Crippen LogP contribution in [0.25, 0.3) is 0 Å². The molecule has 0 aliphatic rings. The van der Waals surface area contributed by atoms with Crippen molar-refractivity contribution >= 4 is 48.9 Å². The van der Waals surface area contributed by atoms with Gasteiger partial charge in [-0.15, -0.1) is 11.3 Å². The van der Waals surface area contributed by atoms with Crippen LogP contribution in [0, 0.1) is 0 Å². The first kappa shape index (κ1) is 13.1. The van der Waals surface area contributed by atoms with Crippen LogP contribution in [-0.4, -0.2) is 0 Å². The summed E-state index contributed by atoms with van der Waals surface area (Å²) in [6.07, 6.45) is 0. The number of thiophene rings is 1. The maximum atomic E-state index is 5.76. The van der Waals surface area contributed by atoms with Crippen molar-refractivity contribution < 1.29 is 0 Å². The van der Waals surface area contributed by atoms with Crippen LogP contribution in [0.5, 0.6) is 0 Å². The number of hydrogen-bond donors (Lipinski definition) is 2. The summed E-state index contributed by atoms with van der Waals surface area (Å²) in [7, 11) is 0. The molecule has 2 nitrogen and oxygen atoms in total. The number of benzene rings is 1. The van der Waals surface area contributed by atoms with Crippen molar-refractivity contribution in [1.29, 1.82) is 0 Å². The lowest BCUT2D eigenvalue weighted by Gasteiger charge is -2.06. The van der Waals surface area contributed by atoms with Gasteiger partial charge >= 0.3 is 0 Å². The van der Waals surface area contributed by atoms with Crippen molar-refractivity contribution in [1.82, 2.24) is 5.32 Å². The third-order valence-corrected chi connectivity index (χ3v) is 4.71. The largest absolute Gasteiger partial charge is 0.399 e. The fourth-order valence-electron chi connectivity index (χ4n) is 1.50. The summed E-state index contributed by atoms with van der Waals surface area (Å²) in [5.41, 5.74) is 7.74.